The van der Waals surface area contributed by atoms with E-state index in [-0.39, 0.29) is 0 Å². The fourth-order valence-electron chi connectivity index (χ4n) is 1.36. The zero-order chi connectivity index (χ0) is 9.97. The molecule has 4 nitrogen and oxygen atoms in total. The second-order valence-electron chi connectivity index (χ2n) is 3.24. The van der Waals surface area contributed by atoms with E-state index in [4.69, 9.17) is 16.4 Å². The number of aliphatic hydroxyl groups is 1. The Bertz CT molecular complexity index is 321. The lowest BCUT2D eigenvalue weighted by molar-refractivity contribution is -0.117. The number of aromatic nitrogens is 1. The van der Waals surface area contributed by atoms with Crippen molar-refractivity contribution < 1.29 is 9.94 Å². The molecule has 0 aliphatic carbocycles. The third-order valence-corrected chi connectivity index (χ3v) is 2.41. The largest absolute Gasteiger partial charge is 0.389 e. The number of pyridine rings is 1. The summed E-state index contributed by atoms with van der Waals surface area (Å²) < 4.78 is 0. The Morgan fingerprint density at radius 1 is 1.71 bits per heavy atom. The molecule has 2 rings (SSSR count). The predicted molar refractivity (Wildman–Crippen MR) is 51.6 cm³/mol. The molecule has 0 amide bonds. The van der Waals surface area contributed by atoms with Gasteiger partial charge in [-0.25, -0.2) is 0 Å². The minimum atomic E-state index is -0.393. The van der Waals surface area contributed by atoms with Gasteiger partial charge >= 0.3 is 0 Å². The number of hydrogen-bond acceptors (Lipinski definition) is 4. The number of nitrogens with zero attached hydrogens (tertiary/aromatic N) is 2. The van der Waals surface area contributed by atoms with Gasteiger partial charge in [0.15, 0.2) is 0 Å². The van der Waals surface area contributed by atoms with Gasteiger partial charge < -0.3 is 5.11 Å². The van der Waals surface area contributed by atoms with E-state index in [9.17, 15) is 5.11 Å². The molecule has 1 aromatic heterocycles. The lowest BCUT2D eigenvalue weighted by Gasteiger charge is -2.13. The van der Waals surface area contributed by atoms with Gasteiger partial charge in [-0.1, -0.05) is 11.6 Å². The monoisotopic (exact) mass is 214 g/mol. The van der Waals surface area contributed by atoms with Crippen LogP contribution in [0.4, 0.5) is 0 Å². The predicted octanol–water partition coefficient (Wildman–Crippen LogP) is 0.843. The maximum absolute atomic E-state index is 9.23. The Morgan fingerprint density at radius 3 is 3.21 bits per heavy atom. The van der Waals surface area contributed by atoms with Crippen LogP contribution in [0.1, 0.15) is 5.56 Å². The zero-order valence-electron chi connectivity index (χ0n) is 7.56. The highest BCUT2D eigenvalue weighted by atomic mass is 35.5. The van der Waals surface area contributed by atoms with Crippen molar-refractivity contribution in [3.05, 3.63) is 29.0 Å². The highest BCUT2D eigenvalue weighted by molar-refractivity contribution is 6.31. The van der Waals surface area contributed by atoms with Crippen LogP contribution in [-0.4, -0.2) is 34.4 Å². The van der Waals surface area contributed by atoms with Gasteiger partial charge in [-0.2, -0.15) is 5.06 Å². The smallest absolute Gasteiger partial charge is 0.0958 e. The molecule has 0 saturated carbocycles. The molecule has 5 heteroatoms. The highest BCUT2D eigenvalue weighted by Crippen LogP contribution is 2.17. The Balaban J connectivity index is 2.01. The molecule has 1 fully saturated rings. The summed E-state index contributed by atoms with van der Waals surface area (Å²) in [6.45, 7) is 1.47. The molecule has 1 N–H and O–H groups in total. The van der Waals surface area contributed by atoms with Gasteiger partial charge in [-0.15, -0.1) is 0 Å². The number of hydrogen-bond donors (Lipinski definition) is 1. The molecule has 0 radical (unpaired) electrons. The standard InChI is InChI=1S/C9H11ClN2O2/c10-9-3-11-2-1-7(9)4-12-5-8(13)6-14-12/h1-3,8,13H,4-6H2/t8-/m1/s1. The molecule has 1 atom stereocenters. The molecule has 2 heterocycles. The van der Waals surface area contributed by atoms with E-state index in [1.165, 1.54) is 0 Å². The van der Waals surface area contributed by atoms with Crippen molar-refractivity contribution in [3.8, 4) is 0 Å². The Labute approximate surface area is 87.0 Å². The molecule has 14 heavy (non-hydrogen) atoms. The fraction of sp³-hybridized carbons (Fsp3) is 0.444. The van der Waals surface area contributed by atoms with Crippen LogP contribution in [0.3, 0.4) is 0 Å². The summed E-state index contributed by atoms with van der Waals surface area (Å²) in [6.07, 6.45) is 2.90. The Morgan fingerprint density at radius 2 is 2.57 bits per heavy atom. The van der Waals surface area contributed by atoms with Crippen LogP contribution in [0.15, 0.2) is 18.5 Å². The van der Waals surface area contributed by atoms with Gasteiger partial charge in [0.25, 0.3) is 0 Å². The van der Waals surface area contributed by atoms with Crippen molar-refractivity contribution in [2.45, 2.75) is 12.6 Å². The number of aliphatic hydroxyl groups excluding tert-OH is 1. The highest BCUT2D eigenvalue weighted by Gasteiger charge is 2.21. The van der Waals surface area contributed by atoms with Gasteiger partial charge in [0, 0.05) is 12.4 Å². The first kappa shape index (κ1) is 9.86. The van der Waals surface area contributed by atoms with Gasteiger partial charge in [-0.3, -0.25) is 9.82 Å². The van der Waals surface area contributed by atoms with Crippen LogP contribution in [-0.2, 0) is 11.4 Å². The third-order valence-electron chi connectivity index (χ3n) is 2.07. The SMILES string of the molecule is O[C@H]1CON(Cc2ccncc2Cl)C1. The van der Waals surface area contributed by atoms with Crippen LogP contribution in [0.2, 0.25) is 5.02 Å². The Hall–Kier alpha value is -0.680. The van der Waals surface area contributed by atoms with Gasteiger partial charge in [0.05, 0.1) is 30.8 Å². The molecule has 0 unspecified atom stereocenters. The lowest BCUT2D eigenvalue weighted by Crippen LogP contribution is -2.20. The van der Waals surface area contributed by atoms with Gasteiger partial charge in [-0.05, 0) is 11.6 Å². The van der Waals surface area contributed by atoms with Crippen molar-refractivity contribution in [3.63, 3.8) is 0 Å². The zero-order valence-corrected chi connectivity index (χ0v) is 8.31. The average molecular weight is 215 g/mol. The van der Waals surface area contributed by atoms with E-state index in [0.29, 0.717) is 24.7 Å². The second-order valence-corrected chi connectivity index (χ2v) is 3.65. The van der Waals surface area contributed by atoms with Gasteiger partial charge in [0.2, 0.25) is 0 Å². The molecular formula is C9H11ClN2O2. The maximum Gasteiger partial charge on any atom is 0.0958 e. The number of halogens is 1. The van der Waals surface area contributed by atoms with Crippen molar-refractivity contribution in [2.75, 3.05) is 13.2 Å². The second kappa shape index (κ2) is 4.23. The molecule has 1 aliphatic rings. The summed E-state index contributed by atoms with van der Waals surface area (Å²) in [5.41, 5.74) is 0.954. The maximum atomic E-state index is 9.23. The quantitative estimate of drug-likeness (QED) is 0.793. The first-order valence-corrected chi connectivity index (χ1v) is 4.78. The molecule has 1 aromatic rings. The average Bonchev–Trinajstić information content (AvgIpc) is 2.56. The molecule has 76 valence electrons. The molecule has 0 bridgehead atoms. The van der Waals surface area contributed by atoms with Gasteiger partial charge in [0.1, 0.15) is 0 Å². The molecular weight excluding hydrogens is 204 g/mol. The molecule has 1 aliphatic heterocycles. The minimum absolute atomic E-state index is 0.364. The van der Waals surface area contributed by atoms with E-state index < -0.39 is 6.10 Å². The first-order chi connectivity index (χ1) is 6.75. The van der Waals surface area contributed by atoms with E-state index in [2.05, 4.69) is 4.98 Å². The summed E-state index contributed by atoms with van der Waals surface area (Å²) in [7, 11) is 0. The molecule has 0 spiro atoms. The number of hydroxylamine groups is 2. The van der Waals surface area contributed by atoms with Crippen LogP contribution < -0.4 is 0 Å². The molecule has 1 saturated heterocycles. The molecule has 0 aromatic carbocycles. The number of β-amino-alcohol motifs (C(OH)–C–C–N with tert-alkyl or cyclic N) is 1. The Kier molecular flexibility index (Phi) is 2.98. The van der Waals surface area contributed by atoms with Crippen LogP contribution in [0, 0.1) is 0 Å². The number of rotatable bonds is 2. The van der Waals surface area contributed by atoms with E-state index in [1.807, 2.05) is 6.07 Å². The van der Waals surface area contributed by atoms with Crippen molar-refractivity contribution in [1.29, 1.82) is 0 Å². The third kappa shape index (κ3) is 2.22. The first-order valence-electron chi connectivity index (χ1n) is 4.40. The van der Waals surface area contributed by atoms with Crippen LogP contribution >= 0.6 is 11.6 Å². The van der Waals surface area contributed by atoms with Crippen LogP contribution in [0.5, 0.6) is 0 Å². The van der Waals surface area contributed by atoms with E-state index in [1.54, 1.807) is 17.5 Å². The van der Waals surface area contributed by atoms with Crippen LogP contribution in [0.25, 0.3) is 0 Å². The summed E-state index contributed by atoms with van der Waals surface area (Å²) in [4.78, 5) is 9.12. The summed E-state index contributed by atoms with van der Waals surface area (Å²) in [5.74, 6) is 0. The minimum Gasteiger partial charge on any atom is -0.389 e. The lowest BCUT2D eigenvalue weighted by atomic mass is 10.2. The normalized spacial score (nSPS) is 22.9. The van der Waals surface area contributed by atoms with Crippen molar-refractivity contribution in [2.24, 2.45) is 0 Å². The topological polar surface area (TPSA) is 45.6 Å². The summed E-state index contributed by atoms with van der Waals surface area (Å²) in [6, 6.07) is 1.84. The summed E-state index contributed by atoms with van der Waals surface area (Å²) >= 11 is 5.93. The summed E-state index contributed by atoms with van der Waals surface area (Å²) in [5, 5.41) is 11.6. The van der Waals surface area contributed by atoms with Crippen molar-refractivity contribution in [1.82, 2.24) is 10.0 Å². The van der Waals surface area contributed by atoms with E-state index >= 15 is 0 Å². The van der Waals surface area contributed by atoms with Crippen molar-refractivity contribution >= 4 is 11.6 Å². The van der Waals surface area contributed by atoms with E-state index in [0.717, 1.165) is 5.56 Å². The fourth-order valence-corrected chi connectivity index (χ4v) is 1.54.